The van der Waals surface area contributed by atoms with Crippen LogP contribution in [0.1, 0.15) is 24.8 Å². The minimum atomic E-state index is -0.423. The van der Waals surface area contributed by atoms with Crippen LogP contribution in [0.5, 0.6) is 0 Å². The van der Waals surface area contributed by atoms with Crippen molar-refractivity contribution in [2.45, 2.75) is 24.8 Å². The zero-order valence-electron chi connectivity index (χ0n) is 12.4. The summed E-state index contributed by atoms with van der Waals surface area (Å²) in [6.45, 7) is 0.387. The maximum Gasteiger partial charge on any atom is 0.248 e. The van der Waals surface area contributed by atoms with Crippen LogP contribution in [0, 0.1) is 0 Å². The largest absolute Gasteiger partial charge is 0.353 e. The van der Waals surface area contributed by atoms with Crippen molar-refractivity contribution < 1.29 is 14.4 Å². The number of isocyanates is 1. The summed E-state index contributed by atoms with van der Waals surface area (Å²) in [6, 6.07) is 7.59. The van der Waals surface area contributed by atoms with Crippen molar-refractivity contribution in [2.24, 2.45) is 4.99 Å². The van der Waals surface area contributed by atoms with Gasteiger partial charge >= 0.3 is 0 Å². The summed E-state index contributed by atoms with van der Waals surface area (Å²) in [6.07, 6.45) is 4.43. The average Bonchev–Trinajstić information content (AvgIpc) is 2.48. The molecular formula is C16H17N3O3. The second-order valence-electron chi connectivity index (χ2n) is 5.84. The maximum atomic E-state index is 11.8. The topological polar surface area (TPSA) is 70.1 Å². The predicted molar refractivity (Wildman–Crippen MR) is 80.1 cm³/mol. The van der Waals surface area contributed by atoms with Gasteiger partial charge in [0, 0.05) is 12.7 Å². The Labute approximate surface area is 128 Å². The van der Waals surface area contributed by atoms with Crippen LogP contribution in [0.15, 0.2) is 29.3 Å². The number of anilines is 1. The summed E-state index contributed by atoms with van der Waals surface area (Å²) in [7, 11) is 1.50. The van der Waals surface area contributed by atoms with Gasteiger partial charge < -0.3 is 4.90 Å². The molecule has 0 aromatic heterocycles. The van der Waals surface area contributed by atoms with Gasteiger partial charge in [-0.2, -0.15) is 4.99 Å². The van der Waals surface area contributed by atoms with Gasteiger partial charge in [-0.05, 0) is 37.0 Å². The van der Waals surface area contributed by atoms with Gasteiger partial charge in [-0.25, -0.2) is 4.79 Å². The van der Waals surface area contributed by atoms with E-state index in [1.165, 1.54) is 7.05 Å². The molecule has 3 rings (SSSR count). The molecule has 0 unspecified atom stereocenters. The molecule has 2 aliphatic rings. The molecule has 6 nitrogen and oxygen atoms in total. The van der Waals surface area contributed by atoms with E-state index >= 15 is 0 Å². The summed E-state index contributed by atoms with van der Waals surface area (Å²) < 4.78 is 0. The van der Waals surface area contributed by atoms with Crippen molar-refractivity contribution in [3.63, 3.8) is 0 Å². The van der Waals surface area contributed by atoms with E-state index in [-0.39, 0.29) is 24.9 Å². The number of hydrogen-bond donors (Lipinski definition) is 0. The maximum absolute atomic E-state index is 11.8. The Morgan fingerprint density at radius 2 is 1.68 bits per heavy atom. The summed E-state index contributed by atoms with van der Waals surface area (Å²) in [5, 5.41) is 0. The summed E-state index contributed by atoms with van der Waals surface area (Å²) in [4.78, 5) is 41.0. The first-order valence-electron chi connectivity index (χ1n) is 7.30. The lowest BCUT2D eigenvalue weighted by molar-refractivity contribution is -0.143. The molecule has 1 aromatic carbocycles. The second kappa shape index (κ2) is 5.39. The van der Waals surface area contributed by atoms with Crippen LogP contribution in [-0.4, -0.2) is 42.9 Å². The number of rotatable bonds is 3. The van der Waals surface area contributed by atoms with Crippen molar-refractivity contribution in [1.29, 1.82) is 0 Å². The second-order valence-corrected chi connectivity index (χ2v) is 5.84. The molecule has 0 spiro atoms. The summed E-state index contributed by atoms with van der Waals surface area (Å²) >= 11 is 0. The number of imide groups is 1. The van der Waals surface area contributed by atoms with Crippen molar-refractivity contribution in [3.8, 4) is 0 Å². The molecule has 22 heavy (non-hydrogen) atoms. The predicted octanol–water partition coefficient (Wildman–Crippen LogP) is 1.21. The lowest BCUT2D eigenvalue weighted by atomic mass is 9.72. The fourth-order valence-corrected chi connectivity index (χ4v) is 2.96. The molecule has 1 saturated heterocycles. The van der Waals surface area contributed by atoms with Crippen LogP contribution in [0.4, 0.5) is 5.69 Å². The number of carbonyl (C=O) groups excluding carboxylic acids is 3. The highest BCUT2D eigenvalue weighted by Gasteiger charge is 2.39. The third-order valence-electron chi connectivity index (χ3n) is 4.61. The van der Waals surface area contributed by atoms with Gasteiger partial charge in [-0.15, -0.1) is 0 Å². The molecule has 0 N–H and O–H groups in total. The van der Waals surface area contributed by atoms with Gasteiger partial charge in [-0.1, -0.05) is 12.1 Å². The molecule has 1 heterocycles. The van der Waals surface area contributed by atoms with Crippen LogP contribution < -0.4 is 4.90 Å². The third-order valence-corrected chi connectivity index (χ3v) is 4.61. The van der Waals surface area contributed by atoms with E-state index in [2.05, 4.69) is 4.99 Å². The normalized spacial score (nSPS) is 20.4. The molecule has 0 radical (unpaired) electrons. The number of piperazine rings is 1. The molecule has 2 fully saturated rings. The van der Waals surface area contributed by atoms with Crippen molar-refractivity contribution in [1.82, 2.24) is 4.90 Å². The molecule has 1 saturated carbocycles. The molecule has 0 atom stereocenters. The Balaban J connectivity index is 1.81. The molecule has 1 aromatic rings. The fourth-order valence-electron chi connectivity index (χ4n) is 2.96. The number of aliphatic imine (C=N–C) groups is 1. The van der Waals surface area contributed by atoms with Crippen molar-refractivity contribution in [3.05, 3.63) is 29.8 Å². The molecule has 1 aliphatic heterocycles. The Kier molecular flexibility index (Phi) is 3.54. The molecule has 114 valence electrons. The Bertz CT molecular complexity index is 640. The molecule has 1 aliphatic carbocycles. The number of likely N-dealkylation sites (N-methyl/N-ethyl adjacent to an activating group) is 1. The van der Waals surface area contributed by atoms with E-state index in [0.29, 0.717) is 0 Å². The smallest absolute Gasteiger partial charge is 0.248 e. The minimum absolute atomic E-state index is 0.194. The number of amides is 2. The van der Waals surface area contributed by atoms with E-state index in [0.717, 1.165) is 35.4 Å². The first-order chi connectivity index (χ1) is 10.6. The fraction of sp³-hybridized carbons (Fsp3) is 0.438. The van der Waals surface area contributed by atoms with E-state index in [1.807, 2.05) is 24.3 Å². The zero-order chi connectivity index (χ0) is 15.7. The van der Waals surface area contributed by atoms with E-state index in [9.17, 15) is 14.4 Å². The molecular weight excluding hydrogens is 282 g/mol. The monoisotopic (exact) mass is 299 g/mol. The van der Waals surface area contributed by atoms with Gasteiger partial charge in [0.2, 0.25) is 17.9 Å². The van der Waals surface area contributed by atoms with Crippen LogP contribution in [0.3, 0.4) is 0 Å². The van der Waals surface area contributed by atoms with Crippen LogP contribution in [0.25, 0.3) is 0 Å². The average molecular weight is 299 g/mol. The van der Waals surface area contributed by atoms with Crippen LogP contribution in [0.2, 0.25) is 0 Å². The number of carbonyl (C=O) groups is 2. The molecule has 6 heteroatoms. The van der Waals surface area contributed by atoms with Gasteiger partial charge in [0.05, 0.1) is 18.6 Å². The standard InChI is InChI=1S/C16H17N3O3/c1-18-14(21)9-19(10-15(18)22)13-5-3-12(4-6-13)16(17-11-20)7-2-8-16/h3-6H,2,7-10H2,1H3. The highest BCUT2D eigenvalue weighted by molar-refractivity contribution is 6.02. The Morgan fingerprint density at radius 3 is 2.14 bits per heavy atom. The third kappa shape index (κ3) is 2.31. The van der Waals surface area contributed by atoms with Gasteiger partial charge in [0.1, 0.15) is 0 Å². The summed E-state index contributed by atoms with van der Waals surface area (Å²) in [5.74, 6) is -0.414. The highest BCUT2D eigenvalue weighted by atomic mass is 16.2. The number of hydrogen-bond acceptors (Lipinski definition) is 5. The minimum Gasteiger partial charge on any atom is -0.353 e. The molecule has 0 bridgehead atoms. The van der Waals surface area contributed by atoms with Crippen LogP contribution in [-0.2, 0) is 19.9 Å². The van der Waals surface area contributed by atoms with E-state index in [1.54, 1.807) is 11.0 Å². The van der Waals surface area contributed by atoms with Crippen LogP contribution >= 0.6 is 0 Å². The first-order valence-corrected chi connectivity index (χ1v) is 7.30. The number of nitrogens with zero attached hydrogens (tertiary/aromatic N) is 3. The van der Waals surface area contributed by atoms with Gasteiger partial charge in [0.25, 0.3) is 0 Å². The Hall–Kier alpha value is -2.46. The van der Waals surface area contributed by atoms with Crippen molar-refractivity contribution in [2.75, 3.05) is 25.0 Å². The van der Waals surface area contributed by atoms with Gasteiger partial charge in [-0.3, -0.25) is 14.5 Å². The first kappa shape index (κ1) is 14.5. The highest BCUT2D eigenvalue weighted by Crippen LogP contribution is 2.44. The number of benzene rings is 1. The van der Waals surface area contributed by atoms with Crippen molar-refractivity contribution >= 4 is 23.6 Å². The quantitative estimate of drug-likeness (QED) is 0.478. The van der Waals surface area contributed by atoms with E-state index in [4.69, 9.17) is 0 Å². The SMILES string of the molecule is CN1C(=O)CN(c2ccc(C3(N=C=O)CCC3)cc2)CC1=O. The summed E-state index contributed by atoms with van der Waals surface area (Å²) in [5.41, 5.74) is 1.38. The lowest BCUT2D eigenvalue weighted by Gasteiger charge is -2.37. The Morgan fingerprint density at radius 1 is 1.09 bits per heavy atom. The zero-order valence-corrected chi connectivity index (χ0v) is 12.4. The lowest BCUT2D eigenvalue weighted by Crippen LogP contribution is -2.52. The van der Waals surface area contributed by atoms with E-state index < -0.39 is 5.54 Å². The molecule has 2 amide bonds. The van der Waals surface area contributed by atoms with Gasteiger partial charge in [0.15, 0.2) is 0 Å².